The molecule has 0 radical (unpaired) electrons. The lowest BCUT2D eigenvalue weighted by Crippen LogP contribution is -2.01. The fourth-order valence-electron chi connectivity index (χ4n) is 2.11. The van der Waals surface area contributed by atoms with E-state index in [0.29, 0.717) is 12.5 Å². The fraction of sp³-hybridized carbons (Fsp3) is 0.294. The van der Waals surface area contributed by atoms with Crippen LogP contribution in [0.25, 0.3) is 0 Å². The fourth-order valence-corrected chi connectivity index (χ4v) is 2.45. The van der Waals surface area contributed by atoms with Gasteiger partial charge in [0.1, 0.15) is 11.5 Å². The van der Waals surface area contributed by atoms with Crippen molar-refractivity contribution in [2.24, 2.45) is 5.73 Å². The summed E-state index contributed by atoms with van der Waals surface area (Å²) in [5.41, 5.74) is 8.02. The molecule has 20 heavy (non-hydrogen) atoms. The van der Waals surface area contributed by atoms with E-state index in [1.807, 2.05) is 30.3 Å². The summed E-state index contributed by atoms with van der Waals surface area (Å²) < 4.78 is 7.12. The van der Waals surface area contributed by atoms with Crippen molar-refractivity contribution in [2.45, 2.75) is 32.7 Å². The Bertz CT molecular complexity index is 583. The minimum Gasteiger partial charge on any atom is -0.457 e. The molecule has 2 nitrogen and oxygen atoms in total. The van der Waals surface area contributed by atoms with Crippen molar-refractivity contribution in [3.05, 3.63) is 58.1 Å². The number of benzene rings is 2. The van der Waals surface area contributed by atoms with Crippen LogP contribution in [0.4, 0.5) is 0 Å². The van der Waals surface area contributed by atoms with Crippen LogP contribution in [-0.4, -0.2) is 0 Å². The normalized spacial score (nSPS) is 12.2. The zero-order chi connectivity index (χ0) is 14.5. The predicted molar refractivity (Wildman–Crippen MR) is 87.3 cm³/mol. The van der Waals surface area contributed by atoms with Crippen molar-refractivity contribution >= 4 is 15.9 Å². The Morgan fingerprint density at radius 1 is 1.15 bits per heavy atom. The molecule has 3 heteroatoms. The Balaban J connectivity index is 2.37. The number of halogens is 1. The number of rotatable bonds is 5. The third-order valence-electron chi connectivity index (χ3n) is 3.53. The molecule has 0 amide bonds. The lowest BCUT2D eigenvalue weighted by atomic mass is 9.98. The van der Waals surface area contributed by atoms with Crippen molar-refractivity contribution in [2.75, 3.05) is 0 Å². The van der Waals surface area contributed by atoms with E-state index >= 15 is 0 Å². The van der Waals surface area contributed by atoms with E-state index in [2.05, 4.69) is 41.9 Å². The molecule has 0 saturated carbocycles. The molecule has 0 bridgehead atoms. The van der Waals surface area contributed by atoms with Gasteiger partial charge < -0.3 is 10.5 Å². The second-order valence-electron chi connectivity index (χ2n) is 4.91. The van der Waals surface area contributed by atoms with Gasteiger partial charge >= 0.3 is 0 Å². The molecule has 0 aliphatic rings. The third-order valence-corrected chi connectivity index (χ3v) is 4.02. The molecule has 1 atom stereocenters. The molecule has 2 aromatic rings. The smallest absolute Gasteiger partial charge is 0.133 e. The minimum atomic E-state index is 0.466. The maximum atomic E-state index is 6.13. The average Bonchev–Trinajstić information content (AvgIpc) is 2.47. The van der Waals surface area contributed by atoms with Gasteiger partial charge in [-0.1, -0.05) is 54.0 Å². The summed E-state index contributed by atoms with van der Waals surface area (Å²) in [5, 5.41) is 0. The standard InChI is InChI=1S/C17H20BrNO/c1-3-12(2)15-6-4-5-7-16(15)20-17-10-14(18)9-8-13(17)11-19/h4-10,12H,3,11,19H2,1-2H3. The van der Waals surface area contributed by atoms with Crippen molar-refractivity contribution in [3.8, 4) is 11.5 Å². The summed E-state index contributed by atoms with van der Waals surface area (Å²) in [7, 11) is 0. The Hall–Kier alpha value is -1.32. The van der Waals surface area contributed by atoms with Gasteiger partial charge in [0.15, 0.2) is 0 Å². The van der Waals surface area contributed by atoms with Gasteiger partial charge in [-0.15, -0.1) is 0 Å². The molecule has 0 fully saturated rings. The highest BCUT2D eigenvalue weighted by Gasteiger charge is 2.12. The molecule has 0 aliphatic carbocycles. The van der Waals surface area contributed by atoms with Crippen LogP contribution in [0.15, 0.2) is 46.9 Å². The maximum Gasteiger partial charge on any atom is 0.133 e. The lowest BCUT2D eigenvalue weighted by molar-refractivity contribution is 0.464. The highest BCUT2D eigenvalue weighted by molar-refractivity contribution is 9.10. The van der Waals surface area contributed by atoms with Crippen LogP contribution >= 0.6 is 15.9 Å². The van der Waals surface area contributed by atoms with E-state index in [1.54, 1.807) is 0 Å². The monoisotopic (exact) mass is 333 g/mol. The molecule has 0 aliphatic heterocycles. The first kappa shape index (κ1) is 15.1. The summed E-state index contributed by atoms with van der Waals surface area (Å²) in [4.78, 5) is 0. The molecule has 0 spiro atoms. The third kappa shape index (κ3) is 3.41. The van der Waals surface area contributed by atoms with Gasteiger partial charge in [-0.25, -0.2) is 0 Å². The molecule has 1 unspecified atom stereocenters. The molecule has 0 saturated heterocycles. The molecule has 106 valence electrons. The second kappa shape index (κ2) is 6.91. The van der Waals surface area contributed by atoms with Crippen LogP contribution in [0.2, 0.25) is 0 Å². The van der Waals surface area contributed by atoms with Crippen LogP contribution in [0.1, 0.15) is 37.3 Å². The summed E-state index contributed by atoms with van der Waals surface area (Å²) >= 11 is 3.48. The Morgan fingerprint density at radius 3 is 2.60 bits per heavy atom. The first-order valence-electron chi connectivity index (χ1n) is 6.91. The maximum absolute atomic E-state index is 6.13. The predicted octanol–water partition coefficient (Wildman–Crippen LogP) is 5.21. The molecule has 0 heterocycles. The zero-order valence-corrected chi connectivity index (χ0v) is 13.5. The Morgan fingerprint density at radius 2 is 1.90 bits per heavy atom. The molecular weight excluding hydrogens is 314 g/mol. The van der Waals surface area contributed by atoms with Crippen molar-refractivity contribution in [1.82, 2.24) is 0 Å². The van der Waals surface area contributed by atoms with Crippen molar-refractivity contribution < 1.29 is 4.74 Å². The number of para-hydroxylation sites is 1. The second-order valence-corrected chi connectivity index (χ2v) is 5.82. The summed E-state index contributed by atoms with van der Waals surface area (Å²) in [6.07, 6.45) is 1.09. The van der Waals surface area contributed by atoms with Crippen molar-refractivity contribution in [1.29, 1.82) is 0 Å². The van der Waals surface area contributed by atoms with E-state index in [-0.39, 0.29) is 0 Å². The van der Waals surface area contributed by atoms with Crippen LogP contribution < -0.4 is 10.5 Å². The molecule has 2 aromatic carbocycles. The molecular formula is C17H20BrNO. The lowest BCUT2D eigenvalue weighted by Gasteiger charge is -2.17. The van der Waals surface area contributed by atoms with Gasteiger partial charge in [-0.2, -0.15) is 0 Å². The summed E-state index contributed by atoms with van der Waals surface area (Å²) in [5.74, 6) is 2.20. The molecule has 0 aromatic heterocycles. The minimum absolute atomic E-state index is 0.466. The van der Waals surface area contributed by atoms with Gasteiger partial charge in [0, 0.05) is 16.6 Å². The van der Waals surface area contributed by atoms with Crippen LogP contribution in [0.3, 0.4) is 0 Å². The van der Waals surface area contributed by atoms with E-state index in [4.69, 9.17) is 10.5 Å². The SMILES string of the molecule is CCC(C)c1ccccc1Oc1cc(Br)ccc1CN. The first-order valence-corrected chi connectivity index (χ1v) is 7.70. The highest BCUT2D eigenvalue weighted by Crippen LogP contribution is 2.34. The Labute approximate surface area is 129 Å². The van der Waals surface area contributed by atoms with E-state index in [0.717, 1.165) is 28.0 Å². The quantitative estimate of drug-likeness (QED) is 0.814. The molecule has 2 rings (SSSR count). The molecule has 2 N–H and O–H groups in total. The summed E-state index contributed by atoms with van der Waals surface area (Å²) in [6.45, 7) is 4.87. The largest absolute Gasteiger partial charge is 0.457 e. The van der Waals surface area contributed by atoms with Gasteiger partial charge in [0.2, 0.25) is 0 Å². The van der Waals surface area contributed by atoms with E-state index in [9.17, 15) is 0 Å². The first-order chi connectivity index (χ1) is 9.65. The number of hydrogen-bond acceptors (Lipinski definition) is 2. The van der Waals surface area contributed by atoms with Gasteiger partial charge in [-0.05, 0) is 36.1 Å². The van der Waals surface area contributed by atoms with Gasteiger partial charge in [0.05, 0.1) is 0 Å². The van der Waals surface area contributed by atoms with Gasteiger partial charge in [-0.3, -0.25) is 0 Å². The zero-order valence-electron chi connectivity index (χ0n) is 11.9. The average molecular weight is 334 g/mol. The number of hydrogen-bond donors (Lipinski definition) is 1. The Kier molecular flexibility index (Phi) is 5.21. The number of nitrogens with two attached hydrogens (primary N) is 1. The van der Waals surface area contributed by atoms with Crippen LogP contribution in [-0.2, 0) is 6.54 Å². The van der Waals surface area contributed by atoms with Crippen molar-refractivity contribution in [3.63, 3.8) is 0 Å². The van der Waals surface area contributed by atoms with Gasteiger partial charge in [0.25, 0.3) is 0 Å². The summed E-state index contributed by atoms with van der Waals surface area (Å²) in [6, 6.07) is 14.1. The van der Waals surface area contributed by atoms with E-state index in [1.165, 1.54) is 5.56 Å². The highest BCUT2D eigenvalue weighted by atomic mass is 79.9. The topological polar surface area (TPSA) is 35.2 Å². The van der Waals surface area contributed by atoms with Crippen LogP contribution in [0.5, 0.6) is 11.5 Å². The number of ether oxygens (including phenoxy) is 1. The van der Waals surface area contributed by atoms with Crippen LogP contribution in [0, 0.1) is 0 Å². The van der Waals surface area contributed by atoms with E-state index < -0.39 is 0 Å².